The lowest BCUT2D eigenvalue weighted by molar-refractivity contribution is 0.631. The number of benzene rings is 8. The van der Waals surface area contributed by atoms with Crippen molar-refractivity contribution in [2.45, 2.75) is 0 Å². The minimum Gasteiger partial charge on any atom is -0.455 e. The second-order valence-corrected chi connectivity index (χ2v) is 11.8. The first-order valence-electron chi connectivity index (χ1n) is 19.7. The van der Waals surface area contributed by atoms with E-state index < -0.39 is 24.2 Å². The first-order valence-corrected chi connectivity index (χ1v) is 15.7. The maximum Gasteiger partial charge on any atom is 0.147 e. The van der Waals surface area contributed by atoms with Gasteiger partial charge in [0.25, 0.3) is 0 Å². The summed E-state index contributed by atoms with van der Waals surface area (Å²) in [6.45, 7) is 0. The van der Waals surface area contributed by atoms with Gasteiger partial charge in [0.05, 0.1) is 16.4 Å². The van der Waals surface area contributed by atoms with Gasteiger partial charge in [-0.3, -0.25) is 0 Å². The Kier molecular flexibility index (Phi) is 4.41. The second kappa shape index (κ2) is 10.6. The summed E-state index contributed by atoms with van der Waals surface area (Å²) in [6, 6.07) is 35.2. The molecule has 0 atom stereocenters. The zero-order valence-electron chi connectivity index (χ0n) is 33.4. The first-order chi connectivity index (χ1) is 27.2. The highest BCUT2D eigenvalue weighted by molar-refractivity contribution is 6.22. The maximum absolute atomic E-state index is 9.26. The van der Waals surface area contributed by atoms with Crippen molar-refractivity contribution < 1.29 is 19.8 Å². The van der Waals surface area contributed by atoms with Gasteiger partial charge in [0.15, 0.2) is 0 Å². The van der Waals surface area contributed by atoms with Crippen molar-refractivity contribution in [2.24, 2.45) is 0 Å². The molecular formula is C46H28O2. The molecule has 0 bridgehead atoms. The molecular weight excluding hydrogens is 585 g/mol. The smallest absolute Gasteiger partial charge is 0.147 e. The predicted octanol–water partition coefficient (Wildman–Crippen LogP) is 13.3. The Morgan fingerprint density at radius 1 is 0.354 bits per heavy atom. The Labute approximate surface area is 288 Å². The summed E-state index contributed by atoms with van der Waals surface area (Å²) in [6.07, 6.45) is 0. The van der Waals surface area contributed by atoms with Gasteiger partial charge >= 0.3 is 0 Å². The van der Waals surface area contributed by atoms with Crippen molar-refractivity contribution in [3.8, 4) is 44.7 Å². The van der Waals surface area contributed by atoms with Gasteiger partial charge < -0.3 is 8.83 Å². The normalized spacial score (nSPS) is 14.1. The third-order valence-electron chi connectivity index (χ3n) is 9.13. The zero-order valence-corrected chi connectivity index (χ0v) is 25.4. The van der Waals surface area contributed by atoms with E-state index in [-0.39, 0.29) is 45.7 Å². The molecule has 0 unspecified atom stereocenters. The molecule has 0 spiro atoms. The molecule has 0 N–H and O–H groups in total. The lowest BCUT2D eigenvalue weighted by Gasteiger charge is -2.18. The lowest BCUT2D eigenvalue weighted by Crippen LogP contribution is -1.91. The topological polar surface area (TPSA) is 26.3 Å². The van der Waals surface area contributed by atoms with Crippen molar-refractivity contribution in [1.82, 2.24) is 0 Å². The molecule has 0 saturated heterocycles. The van der Waals surface area contributed by atoms with E-state index in [1.807, 2.05) is 97.1 Å². The number of hydrogen-bond donors (Lipinski definition) is 0. The highest BCUT2D eigenvalue weighted by atomic mass is 16.3. The molecule has 0 amide bonds. The summed E-state index contributed by atoms with van der Waals surface area (Å²) in [5.74, 6) is 0.646. The van der Waals surface area contributed by atoms with Gasteiger partial charge in [-0.1, -0.05) is 151 Å². The minimum atomic E-state index is -0.438. The molecule has 0 radical (unpaired) electrons. The zero-order chi connectivity index (χ0) is 38.6. The van der Waals surface area contributed by atoms with E-state index in [0.29, 0.717) is 39.2 Å². The highest BCUT2D eigenvalue weighted by Crippen LogP contribution is 2.47. The van der Waals surface area contributed by atoms with Crippen LogP contribution >= 0.6 is 0 Å². The van der Waals surface area contributed by atoms with E-state index in [0.717, 1.165) is 38.4 Å². The summed E-state index contributed by atoms with van der Waals surface area (Å²) in [7, 11) is 0. The Bertz CT molecular complexity index is 3180. The van der Waals surface area contributed by atoms with Gasteiger partial charge in [-0.05, 0) is 67.6 Å². The fourth-order valence-electron chi connectivity index (χ4n) is 7.05. The monoisotopic (exact) mass is 620 g/mol. The van der Waals surface area contributed by atoms with Crippen molar-refractivity contribution in [3.63, 3.8) is 0 Å². The van der Waals surface area contributed by atoms with Crippen molar-refractivity contribution in [2.75, 3.05) is 0 Å². The van der Waals surface area contributed by atoms with Crippen molar-refractivity contribution in [3.05, 3.63) is 170 Å². The molecule has 0 saturated carbocycles. The number of rotatable bonds is 4. The summed E-state index contributed by atoms with van der Waals surface area (Å²) in [4.78, 5) is 0. The van der Waals surface area contributed by atoms with Crippen LogP contribution in [0.25, 0.3) is 99.2 Å². The molecule has 0 fully saturated rings. The van der Waals surface area contributed by atoms with E-state index in [4.69, 9.17) is 14.3 Å². The van der Waals surface area contributed by atoms with Crippen LogP contribution in [-0.2, 0) is 0 Å². The summed E-state index contributed by atoms with van der Waals surface area (Å²) < 4.78 is 84.8. The van der Waals surface area contributed by atoms with E-state index in [9.17, 15) is 5.48 Å². The van der Waals surface area contributed by atoms with Crippen LogP contribution in [0.2, 0.25) is 0 Å². The van der Waals surface area contributed by atoms with E-state index in [1.165, 1.54) is 0 Å². The number of para-hydroxylation sites is 1. The molecule has 2 heteroatoms. The fraction of sp³-hybridized carbons (Fsp3) is 0. The van der Waals surface area contributed by atoms with Crippen molar-refractivity contribution >= 4 is 54.5 Å². The Hall–Kier alpha value is -6.38. The van der Waals surface area contributed by atoms with Crippen molar-refractivity contribution in [1.29, 1.82) is 0 Å². The largest absolute Gasteiger partial charge is 0.455 e. The van der Waals surface area contributed by atoms with E-state index >= 15 is 0 Å². The Morgan fingerprint density at radius 3 is 1.46 bits per heavy atom. The molecule has 2 heterocycles. The molecule has 224 valence electrons. The van der Waals surface area contributed by atoms with Crippen LogP contribution in [-0.4, -0.2) is 0 Å². The standard InChI is InChI=1S/C46H28O2/c1-3-13-29(14-4-1)41-34-18-7-9-20-36(34)42(37-21-10-8-19-35(37)41)30-23-25-31(26-24-30)43-44-40(48-45(43)32-15-5-2-6-16-32)28-27-38-33-17-11-12-22-39(33)47-46(38)44/h1-28H/i7D,8D,9D,10D,18D,19D,20D,21D. The summed E-state index contributed by atoms with van der Waals surface area (Å²) >= 11 is 0. The van der Waals surface area contributed by atoms with Gasteiger partial charge in [-0.2, -0.15) is 0 Å². The molecule has 0 aliphatic carbocycles. The third-order valence-corrected chi connectivity index (χ3v) is 9.13. The molecule has 2 aromatic heterocycles. The Morgan fingerprint density at radius 2 is 0.854 bits per heavy atom. The quantitative estimate of drug-likeness (QED) is 0.183. The highest BCUT2D eigenvalue weighted by Gasteiger charge is 2.23. The maximum atomic E-state index is 9.26. The summed E-state index contributed by atoms with van der Waals surface area (Å²) in [5, 5.41) is 3.44. The minimum absolute atomic E-state index is 0.169. The SMILES string of the molecule is [2H]c1c([2H])c([2H])c2c(-c3ccc(-c4c(-c5ccccc5)oc5ccc6c7ccccc7oc6c45)cc3)c3c([2H])c([2H])c([2H])c([2H])c3c(-c3ccccc3)c2c1[2H]. The van der Waals surface area contributed by atoms with Gasteiger partial charge in [0, 0.05) is 21.9 Å². The second-order valence-electron chi connectivity index (χ2n) is 11.8. The lowest BCUT2D eigenvalue weighted by atomic mass is 9.85. The Balaban J connectivity index is 1.32. The van der Waals surface area contributed by atoms with Crippen LogP contribution in [0.1, 0.15) is 11.0 Å². The number of fused-ring (bicyclic) bond motifs is 7. The van der Waals surface area contributed by atoms with E-state index in [2.05, 4.69) is 0 Å². The van der Waals surface area contributed by atoms with Crippen LogP contribution < -0.4 is 0 Å². The molecule has 10 aromatic rings. The van der Waals surface area contributed by atoms with Gasteiger partial charge in [0.2, 0.25) is 0 Å². The van der Waals surface area contributed by atoms with Gasteiger partial charge in [0.1, 0.15) is 22.5 Å². The molecule has 0 aliphatic heterocycles. The molecule has 2 nitrogen and oxygen atoms in total. The fourth-order valence-corrected chi connectivity index (χ4v) is 7.05. The average Bonchev–Trinajstić information content (AvgIpc) is 3.82. The van der Waals surface area contributed by atoms with Gasteiger partial charge in [-0.25, -0.2) is 0 Å². The summed E-state index contributed by atoms with van der Waals surface area (Å²) in [5.41, 5.74) is 6.25. The van der Waals surface area contributed by atoms with Gasteiger partial charge in [-0.15, -0.1) is 0 Å². The number of hydrogen-bond acceptors (Lipinski definition) is 2. The van der Waals surface area contributed by atoms with E-state index in [1.54, 1.807) is 24.3 Å². The predicted molar refractivity (Wildman–Crippen MR) is 200 cm³/mol. The van der Waals surface area contributed by atoms with Crippen LogP contribution in [0.15, 0.2) is 179 Å². The van der Waals surface area contributed by atoms with Crippen LogP contribution in [0, 0.1) is 0 Å². The van der Waals surface area contributed by atoms with Crippen LogP contribution in [0.3, 0.4) is 0 Å². The number of furan rings is 2. The molecule has 0 aliphatic rings. The molecule has 8 aromatic carbocycles. The van der Waals surface area contributed by atoms with Crippen LogP contribution in [0.5, 0.6) is 0 Å². The molecule has 10 rings (SSSR count). The molecule has 48 heavy (non-hydrogen) atoms. The average molecular weight is 621 g/mol. The van der Waals surface area contributed by atoms with Crippen LogP contribution in [0.4, 0.5) is 0 Å². The first kappa shape index (κ1) is 20.0. The third kappa shape index (κ3) is 4.00.